The molecular weight excluding hydrogens is 640 g/mol. The van der Waals surface area contributed by atoms with Gasteiger partial charge in [0.1, 0.15) is 0 Å². The average molecular weight is 695 g/mol. The van der Waals surface area contributed by atoms with E-state index in [1.54, 1.807) is 63.7 Å². The summed E-state index contributed by atoms with van der Waals surface area (Å²) in [6, 6.07) is 0. The van der Waals surface area contributed by atoms with Crippen molar-refractivity contribution >= 4 is 25.4 Å². The fraction of sp³-hybridized carbons (Fsp3) is 1.00. The zero-order valence-electron chi connectivity index (χ0n) is 21.4. The number of hydrogen-bond donors (Lipinski definition) is 1. The van der Waals surface area contributed by atoms with E-state index in [9.17, 15) is 0 Å². The van der Waals surface area contributed by atoms with E-state index in [1.807, 2.05) is 0 Å². The first-order valence-corrected chi connectivity index (χ1v) is 21.5. The summed E-state index contributed by atoms with van der Waals surface area (Å²) < 4.78 is 0. The molecule has 33 heavy (non-hydrogen) atoms. The number of hydrogen-bond acceptors (Lipinski definition) is 1. The maximum atomic E-state index is 4.69. The molecule has 0 saturated heterocycles. The number of halogens is 1. The molecule has 5 heteroatoms. The molecule has 0 aromatic carbocycles. The third kappa shape index (κ3) is 10.2. The second-order valence-electron chi connectivity index (χ2n) is 11.4. The van der Waals surface area contributed by atoms with Crippen LogP contribution in [0.4, 0.5) is 0 Å². The molecule has 0 atom stereocenters. The van der Waals surface area contributed by atoms with Crippen LogP contribution in [0.15, 0.2) is 0 Å². The van der Waals surface area contributed by atoms with E-state index in [1.165, 1.54) is 108 Å². The third-order valence-electron chi connectivity index (χ3n) is 9.27. The fourth-order valence-electron chi connectivity index (χ4n) is 7.52. The van der Waals surface area contributed by atoms with Crippen molar-refractivity contribution < 1.29 is 17.9 Å². The summed E-state index contributed by atoms with van der Waals surface area (Å²) >= 11 is 1.19. The van der Waals surface area contributed by atoms with Crippen molar-refractivity contribution in [2.24, 2.45) is 0 Å². The van der Waals surface area contributed by atoms with E-state index < -0.39 is 0 Å². The topological polar surface area (TPSA) is 12.0 Å². The van der Waals surface area contributed by atoms with Crippen molar-refractivity contribution in [1.29, 1.82) is 0 Å². The minimum absolute atomic E-state index is 0.290. The fourth-order valence-corrected chi connectivity index (χ4v) is 15.1. The minimum atomic E-state index is 0.290. The Labute approximate surface area is 224 Å². The molecule has 0 radical (unpaired) electrons. The van der Waals surface area contributed by atoms with Gasteiger partial charge in [0.2, 0.25) is 0 Å². The maximum absolute atomic E-state index is 4.69. The van der Waals surface area contributed by atoms with Crippen LogP contribution >= 0.6 is 25.4 Å². The van der Waals surface area contributed by atoms with Crippen molar-refractivity contribution in [3.05, 3.63) is 0 Å². The first-order chi connectivity index (χ1) is 16.4. The second-order valence-corrected chi connectivity index (χ2v) is 17.3. The average Bonchev–Trinajstić information content (AvgIpc) is 2.91. The van der Waals surface area contributed by atoms with Crippen LogP contribution in [0, 0.1) is 0 Å². The van der Waals surface area contributed by atoms with Crippen LogP contribution in [0.1, 0.15) is 128 Å². The molecule has 0 amide bonds. The molecule has 198 valence electrons. The van der Waals surface area contributed by atoms with Crippen LogP contribution in [0.25, 0.3) is 0 Å². The Hall–Kier alpha value is 1.76. The molecule has 0 aromatic heterocycles. The molecule has 0 spiro atoms. The normalized spacial score (nSPS) is 24.8. The molecule has 1 nitrogen and oxygen atoms in total. The molecule has 4 aliphatic rings. The Bertz CT molecular complexity index is 395. The molecule has 0 aliphatic heterocycles. The van der Waals surface area contributed by atoms with Gasteiger partial charge in [0, 0.05) is 0 Å². The first-order valence-electron chi connectivity index (χ1n) is 14.8. The molecule has 4 saturated carbocycles. The van der Waals surface area contributed by atoms with Crippen molar-refractivity contribution in [1.82, 2.24) is 5.32 Å². The first kappa shape index (κ1) is 29.3. The van der Waals surface area contributed by atoms with Crippen LogP contribution in [-0.2, 0) is 17.9 Å². The van der Waals surface area contributed by atoms with Gasteiger partial charge in [-0.25, -0.2) is 0 Å². The third-order valence-corrected chi connectivity index (χ3v) is 16.6. The van der Waals surface area contributed by atoms with Crippen molar-refractivity contribution in [2.75, 3.05) is 25.4 Å². The molecule has 0 unspecified atom stereocenters. The van der Waals surface area contributed by atoms with Gasteiger partial charge in [-0.1, -0.05) is 92.9 Å². The SMILES string of the molecule is C1CCC(P(CCNCCP(C2CCCCC2)C2CCCCC2)C2CCCCC2)CC1.[Cl][IrH2]. The van der Waals surface area contributed by atoms with E-state index in [4.69, 9.17) is 9.58 Å². The predicted molar refractivity (Wildman–Crippen MR) is 153 cm³/mol. The summed E-state index contributed by atoms with van der Waals surface area (Å²) in [7, 11) is 5.27. The standard InChI is InChI=1S/C28H53NP2.ClH.Ir.2H/c1-5-13-25(14-6-1)30(26-15-7-2-8-16-26)23-21-29-22-24-31(27-17-9-3-10-18-27)28-19-11-4-12-20-28;;;;/h25-29H,1-24H2;1H;;;/q;;+1;;/p-1. The van der Waals surface area contributed by atoms with E-state index in [-0.39, 0.29) is 15.8 Å². The number of nitrogens with one attached hydrogen (secondary N) is 1. The van der Waals surface area contributed by atoms with Crippen molar-refractivity contribution in [2.45, 2.75) is 151 Å². The van der Waals surface area contributed by atoms with Crippen molar-refractivity contribution in [3.8, 4) is 0 Å². The molecule has 0 aromatic rings. The molecular formula is C28H55ClIrNP2. The summed E-state index contributed by atoms with van der Waals surface area (Å²) in [5.74, 6) is 0. The molecule has 4 aliphatic carbocycles. The van der Waals surface area contributed by atoms with Crippen LogP contribution in [0.2, 0.25) is 0 Å². The summed E-state index contributed by atoms with van der Waals surface area (Å²) in [5, 5.41) is 4.04. The van der Waals surface area contributed by atoms with Gasteiger partial charge >= 0.3 is 27.5 Å². The summed E-state index contributed by atoms with van der Waals surface area (Å²) in [6.07, 6.45) is 34.1. The van der Waals surface area contributed by atoms with Gasteiger partial charge in [-0.15, -0.1) is 0 Å². The zero-order chi connectivity index (χ0) is 23.1. The molecule has 1 N–H and O–H groups in total. The Morgan fingerprint density at radius 2 is 0.697 bits per heavy atom. The van der Waals surface area contributed by atoms with E-state index in [0.717, 1.165) is 22.6 Å². The van der Waals surface area contributed by atoms with E-state index in [0.29, 0.717) is 0 Å². The van der Waals surface area contributed by atoms with E-state index in [2.05, 4.69) is 5.32 Å². The van der Waals surface area contributed by atoms with Gasteiger partial charge in [-0.2, -0.15) is 0 Å². The summed E-state index contributed by atoms with van der Waals surface area (Å²) in [6.45, 7) is 2.69. The van der Waals surface area contributed by atoms with Gasteiger partial charge in [0.05, 0.1) is 0 Å². The molecule has 4 rings (SSSR count). The zero-order valence-corrected chi connectivity index (χ0v) is 26.7. The second kappa shape index (κ2) is 18.1. The van der Waals surface area contributed by atoms with Gasteiger partial charge in [0.25, 0.3) is 0 Å². The Balaban J connectivity index is 0.00000149. The van der Waals surface area contributed by atoms with Gasteiger partial charge in [-0.3, -0.25) is 0 Å². The van der Waals surface area contributed by atoms with Crippen LogP contribution in [0.5, 0.6) is 0 Å². The van der Waals surface area contributed by atoms with Crippen LogP contribution in [-0.4, -0.2) is 48.0 Å². The monoisotopic (exact) mass is 695 g/mol. The quantitative estimate of drug-likeness (QED) is 0.178. The Morgan fingerprint density at radius 3 is 0.939 bits per heavy atom. The van der Waals surface area contributed by atoms with Crippen LogP contribution < -0.4 is 5.32 Å². The van der Waals surface area contributed by atoms with Gasteiger partial charge < -0.3 is 5.32 Å². The van der Waals surface area contributed by atoms with Gasteiger partial charge in [-0.05, 0) is 99.4 Å². The summed E-state index contributed by atoms with van der Waals surface area (Å²) in [5.41, 5.74) is 4.54. The van der Waals surface area contributed by atoms with Gasteiger partial charge in [0.15, 0.2) is 0 Å². The summed E-state index contributed by atoms with van der Waals surface area (Å²) in [4.78, 5) is 0. The number of rotatable bonds is 10. The predicted octanol–water partition coefficient (Wildman–Crippen LogP) is 9.02. The molecule has 0 bridgehead atoms. The van der Waals surface area contributed by atoms with Crippen LogP contribution in [0.3, 0.4) is 0 Å². The molecule has 4 fully saturated rings. The Kier molecular flexibility index (Phi) is 16.1. The molecule has 0 heterocycles. The Morgan fingerprint density at radius 1 is 0.455 bits per heavy atom. The van der Waals surface area contributed by atoms with Crippen molar-refractivity contribution in [3.63, 3.8) is 0 Å². The van der Waals surface area contributed by atoms with E-state index >= 15 is 0 Å².